The summed E-state index contributed by atoms with van der Waals surface area (Å²) >= 11 is 0. The minimum atomic E-state index is 0.560. The fourth-order valence-electron chi connectivity index (χ4n) is 3.53. The van der Waals surface area contributed by atoms with Crippen molar-refractivity contribution < 1.29 is 0 Å². The first-order valence-electron chi connectivity index (χ1n) is 6.46. The molecule has 1 aromatic carbocycles. The number of fused-ring (bicyclic) bond motifs is 5. The number of hydrogen-bond acceptors (Lipinski definition) is 3. The van der Waals surface area contributed by atoms with Crippen LogP contribution in [0.25, 0.3) is 0 Å². The van der Waals surface area contributed by atoms with E-state index in [1.165, 1.54) is 23.4 Å². The minimum Gasteiger partial charge on any atom is -0.384 e. The largest absolute Gasteiger partial charge is 0.384 e. The van der Waals surface area contributed by atoms with Gasteiger partial charge in [-0.1, -0.05) is 18.2 Å². The molecule has 3 aliphatic heterocycles. The number of para-hydroxylation sites is 1. The van der Waals surface area contributed by atoms with E-state index in [1.807, 2.05) is 0 Å². The third-order valence-electron chi connectivity index (χ3n) is 4.32. The van der Waals surface area contributed by atoms with Gasteiger partial charge in [0.05, 0.1) is 0 Å². The molecule has 4 rings (SSSR count). The van der Waals surface area contributed by atoms with Crippen LogP contribution in [-0.4, -0.2) is 19.1 Å². The van der Waals surface area contributed by atoms with Crippen molar-refractivity contribution in [1.29, 1.82) is 0 Å². The molecule has 1 aromatic rings. The van der Waals surface area contributed by atoms with E-state index in [-0.39, 0.29) is 0 Å². The summed E-state index contributed by atoms with van der Waals surface area (Å²) in [4.78, 5) is 0. The van der Waals surface area contributed by atoms with Gasteiger partial charge in [0.15, 0.2) is 0 Å². The lowest BCUT2D eigenvalue weighted by Crippen LogP contribution is -2.42. The first-order chi connectivity index (χ1) is 8.43. The van der Waals surface area contributed by atoms with Gasteiger partial charge in [-0.25, -0.2) is 0 Å². The molecular formula is C14H17N3. The Bertz CT molecular complexity index is 480. The van der Waals surface area contributed by atoms with E-state index in [4.69, 9.17) is 0 Å². The molecule has 17 heavy (non-hydrogen) atoms. The maximum absolute atomic E-state index is 3.69. The first kappa shape index (κ1) is 9.54. The lowest BCUT2D eigenvalue weighted by atomic mass is 9.80. The van der Waals surface area contributed by atoms with Gasteiger partial charge in [0.2, 0.25) is 0 Å². The van der Waals surface area contributed by atoms with Crippen molar-refractivity contribution in [2.75, 3.05) is 18.4 Å². The van der Waals surface area contributed by atoms with Gasteiger partial charge in [-0.05, 0) is 24.6 Å². The maximum Gasteiger partial charge on any atom is 0.0419 e. The molecular weight excluding hydrogens is 210 g/mol. The molecule has 3 atom stereocenters. The molecule has 2 saturated heterocycles. The fraction of sp³-hybridized carbons (Fsp3) is 0.429. The summed E-state index contributed by atoms with van der Waals surface area (Å²) in [5, 5.41) is 10.6. The number of benzene rings is 1. The normalized spacial score (nSPS) is 33.6. The van der Waals surface area contributed by atoms with Crippen molar-refractivity contribution in [2.24, 2.45) is 5.92 Å². The summed E-state index contributed by atoms with van der Waals surface area (Å²) in [6.07, 6.45) is 3.39. The molecule has 0 aliphatic carbocycles. The second-order valence-corrected chi connectivity index (χ2v) is 5.22. The molecule has 0 saturated carbocycles. The van der Waals surface area contributed by atoms with Crippen molar-refractivity contribution in [3.05, 3.63) is 41.7 Å². The highest BCUT2D eigenvalue weighted by atomic mass is 15.1. The van der Waals surface area contributed by atoms with Gasteiger partial charge in [0.25, 0.3) is 0 Å². The molecule has 3 N–H and O–H groups in total. The summed E-state index contributed by atoms with van der Waals surface area (Å²) in [6, 6.07) is 9.34. The quantitative estimate of drug-likeness (QED) is 0.630. The van der Waals surface area contributed by atoms with E-state index >= 15 is 0 Å². The van der Waals surface area contributed by atoms with E-state index in [9.17, 15) is 0 Å². The average Bonchev–Trinajstić information content (AvgIpc) is 2.77. The lowest BCUT2D eigenvalue weighted by molar-refractivity contribution is 0.326. The molecule has 0 amide bonds. The minimum absolute atomic E-state index is 0.560. The Balaban J connectivity index is 1.79. The van der Waals surface area contributed by atoms with E-state index in [0.717, 1.165) is 13.1 Å². The summed E-state index contributed by atoms with van der Waals surface area (Å²) in [6.45, 7) is 2.28. The van der Waals surface area contributed by atoms with Crippen LogP contribution in [0.3, 0.4) is 0 Å². The molecule has 0 spiro atoms. The maximum atomic E-state index is 3.69. The van der Waals surface area contributed by atoms with Gasteiger partial charge in [-0.2, -0.15) is 0 Å². The van der Waals surface area contributed by atoms with E-state index in [2.05, 4.69) is 46.4 Å². The number of anilines is 1. The zero-order valence-electron chi connectivity index (χ0n) is 9.74. The Morgan fingerprint density at radius 1 is 1.18 bits per heavy atom. The number of nitrogens with one attached hydrogen (secondary N) is 3. The molecule has 3 nitrogen and oxygen atoms in total. The zero-order chi connectivity index (χ0) is 11.2. The number of rotatable bonds is 0. The van der Waals surface area contributed by atoms with Gasteiger partial charge in [-0.3, -0.25) is 0 Å². The topological polar surface area (TPSA) is 36.1 Å². The summed E-state index contributed by atoms with van der Waals surface area (Å²) < 4.78 is 0. The fourth-order valence-corrected chi connectivity index (χ4v) is 3.53. The zero-order valence-corrected chi connectivity index (χ0v) is 9.74. The predicted octanol–water partition coefficient (Wildman–Crippen LogP) is 1.62. The van der Waals surface area contributed by atoms with Crippen molar-refractivity contribution >= 4 is 5.69 Å². The van der Waals surface area contributed by atoms with Gasteiger partial charge >= 0.3 is 0 Å². The van der Waals surface area contributed by atoms with Crippen LogP contribution < -0.4 is 16.0 Å². The highest BCUT2D eigenvalue weighted by Crippen LogP contribution is 2.45. The third-order valence-corrected chi connectivity index (χ3v) is 4.32. The Morgan fingerprint density at radius 2 is 2.12 bits per heavy atom. The Hall–Kier alpha value is -1.48. The lowest BCUT2D eigenvalue weighted by Gasteiger charge is -2.30. The van der Waals surface area contributed by atoms with Crippen molar-refractivity contribution in [3.63, 3.8) is 0 Å². The number of hydrogen-bond donors (Lipinski definition) is 3. The molecule has 3 heteroatoms. The highest BCUT2D eigenvalue weighted by molar-refractivity contribution is 5.61. The molecule has 2 fully saturated rings. The molecule has 88 valence electrons. The molecule has 0 radical (unpaired) electrons. The van der Waals surface area contributed by atoms with Crippen molar-refractivity contribution in [3.8, 4) is 0 Å². The van der Waals surface area contributed by atoms with E-state index in [0.29, 0.717) is 17.9 Å². The van der Waals surface area contributed by atoms with Crippen LogP contribution in [0, 0.1) is 5.92 Å². The summed E-state index contributed by atoms with van der Waals surface area (Å²) in [5.41, 5.74) is 4.10. The smallest absolute Gasteiger partial charge is 0.0419 e. The molecule has 3 heterocycles. The molecule has 3 unspecified atom stereocenters. The molecule has 0 aromatic heterocycles. The Morgan fingerprint density at radius 3 is 3.12 bits per heavy atom. The van der Waals surface area contributed by atoms with Crippen LogP contribution >= 0.6 is 0 Å². The van der Waals surface area contributed by atoms with Gasteiger partial charge < -0.3 is 16.0 Å². The Labute approximate surface area is 101 Å². The van der Waals surface area contributed by atoms with E-state index < -0.39 is 0 Å². The highest BCUT2D eigenvalue weighted by Gasteiger charge is 2.43. The van der Waals surface area contributed by atoms with Crippen LogP contribution in [0.4, 0.5) is 5.69 Å². The van der Waals surface area contributed by atoms with Crippen LogP contribution in [-0.2, 0) is 0 Å². The van der Waals surface area contributed by atoms with Gasteiger partial charge in [0.1, 0.15) is 0 Å². The second-order valence-electron chi connectivity index (χ2n) is 5.22. The SMILES string of the molecule is C1=C2NC3CCNCC3C2c2ccccc2N1. The van der Waals surface area contributed by atoms with Crippen LogP contribution in [0.1, 0.15) is 17.9 Å². The van der Waals surface area contributed by atoms with Crippen LogP contribution in [0.15, 0.2) is 36.2 Å². The Kier molecular flexibility index (Phi) is 1.97. The van der Waals surface area contributed by atoms with Crippen LogP contribution in [0.2, 0.25) is 0 Å². The van der Waals surface area contributed by atoms with Crippen molar-refractivity contribution in [2.45, 2.75) is 18.4 Å². The average molecular weight is 227 g/mol. The van der Waals surface area contributed by atoms with Gasteiger partial charge in [0, 0.05) is 42.0 Å². The first-order valence-corrected chi connectivity index (χ1v) is 6.46. The molecule has 3 aliphatic rings. The summed E-state index contributed by atoms with van der Waals surface area (Å²) in [5.74, 6) is 1.27. The van der Waals surface area contributed by atoms with Gasteiger partial charge in [-0.15, -0.1) is 0 Å². The number of piperidine rings is 1. The second kappa shape index (κ2) is 3.50. The number of allylic oxidation sites excluding steroid dienone is 1. The van der Waals surface area contributed by atoms with Crippen molar-refractivity contribution in [1.82, 2.24) is 10.6 Å². The predicted molar refractivity (Wildman–Crippen MR) is 68.8 cm³/mol. The van der Waals surface area contributed by atoms with Crippen LogP contribution in [0.5, 0.6) is 0 Å². The summed E-state index contributed by atoms with van der Waals surface area (Å²) in [7, 11) is 0. The third kappa shape index (κ3) is 1.32. The standard InChI is InChI=1S/C14H17N3/c1-2-4-11-9(3-1)14-10-7-15-6-5-12(10)17-13(14)8-16-11/h1-4,8,10,12,14-17H,5-7H2. The monoisotopic (exact) mass is 227 g/mol. The molecule has 0 bridgehead atoms. The van der Waals surface area contributed by atoms with E-state index in [1.54, 1.807) is 0 Å².